The lowest BCUT2D eigenvalue weighted by Crippen LogP contribution is -2.32. The number of halogens is 3. The molecule has 0 spiro atoms. The van der Waals surface area contributed by atoms with Gasteiger partial charge in [-0.05, 0) is 20.3 Å². The number of imidazole rings is 1. The predicted octanol–water partition coefficient (Wildman–Crippen LogP) is 1.97. The Bertz CT molecular complexity index is 1300. The number of rotatable bonds is 6. The number of carbonyl (C=O) groups excluding carboxylic acids is 1. The second kappa shape index (κ2) is 9.02. The molecule has 0 saturated carbocycles. The highest BCUT2D eigenvalue weighted by Gasteiger charge is 2.43. The van der Waals surface area contributed by atoms with Gasteiger partial charge < -0.3 is 24.5 Å². The summed E-state index contributed by atoms with van der Waals surface area (Å²) in [6.45, 7) is 4.05. The van der Waals surface area contributed by atoms with Crippen LogP contribution in [0.5, 0.6) is 5.75 Å². The number of aryl methyl sites for hydroxylation is 1. The van der Waals surface area contributed by atoms with Crippen LogP contribution in [0.1, 0.15) is 25.1 Å². The number of ether oxygens (including phenoxy) is 3. The predicted molar refractivity (Wildman–Crippen MR) is 112 cm³/mol. The minimum absolute atomic E-state index is 0.0419. The van der Waals surface area contributed by atoms with Gasteiger partial charge in [0.15, 0.2) is 17.2 Å². The third kappa shape index (κ3) is 4.21. The lowest BCUT2D eigenvalue weighted by Gasteiger charge is -2.21. The maximum atomic E-state index is 13.8. The van der Waals surface area contributed by atoms with E-state index < -0.39 is 29.5 Å². The minimum atomic E-state index is -5.32. The summed E-state index contributed by atoms with van der Waals surface area (Å²) in [6, 6.07) is -0.481. The summed E-state index contributed by atoms with van der Waals surface area (Å²) < 4.78 is 57.8. The number of nitrogens with zero attached hydrogens (tertiary/aromatic N) is 5. The van der Waals surface area contributed by atoms with Crippen molar-refractivity contribution in [3.05, 3.63) is 28.4 Å². The topological polar surface area (TPSA) is 136 Å². The number of alkyl halides is 3. The maximum absolute atomic E-state index is 13.8. The molecule has 11 nitrogen and oxygen atoms in total. The summed E-state index contributed by atoms with van der Waals surface area (Å²) in [7, 11) is 0. The van der Waals surface area contributed by atoms with Crippen LogP contribution in [0, 0.1) is 6.92 Å². The van der Waals surface area contributed by atoms with Gasteiger partial charge >= 0.3 is 12.1 Å². The zero-order valence-electron chi connectivity index (χ0n) is 18.3. The molecule has 0 amide bonds. The second-order valence-corrected chi connectivity index (χ2v) is 7.49. The molecule has 0 aliphatic carbocycles. The summed E-state index contributed by atoms with van der Waals surface area (Å²) in [5.74, 6) is -3.40. The Balaban J connectivity index is 2.11. The van der Waals surface area contributed by atoms with E-state index in [0.717, 1.165) is 0 Å². The Labute approximate surface area is 190 Å². The summed E-state index contributed by atoms with van der Waals surface area (Å²) in [4.78, 5) is 38.0. The third-order valence-electron chi connectivity index (χ3n) is 5.27. The van der Waals surface area contributed by atoms with Gasteiger partial charge in [-0.1, -0.05) is 0 Å². The van der Waals surface area contributed by atoms with Crippen LogP contribution in [0.25, 0.3) is 22.4 Å². The molecule has 4 rings (SSSR count). The highest BCUT2D eigenvalue weighted by molar-refractivity contribution is 5.95. The third-order valence-corrected chi connectivity index (χ3v) is 5.27. The van der Waals surface area contributed by atoms with Crippen LogP contribution in [0.4, 0.5) is 19.1 Å². The molecule has 34 heavy (non-hydrogen) atoms. The molecule has 1 fully saturated rings. The Kier molecular flexibility index (Phi) is 6.27. The van der Waals surface area contributed by atoms with Crippen molar-refractivity contribution in [2.45, 2.75) is 39.2 Å². The molecule has 1 saturated heterocycles. The minimum Gasteiger partial charge on any atom is -0.418 e. The van der Waals surface area contributed by atoms with Crippen molar-refractivity contribution < 1.29 is 32.2 Å². The molecule has 0 unspecified atom stereocenters. The van der Waals surface area contributed by atoms with Crippen molar-refractivity contribution in [3.63, 3.8) is 0 Å². The van der Waals surface area contributed by atoms with E-state index in [4.69, 9.17) is 19.9 Å². The number of hydrogen-bond acceptors (Lipinski definition) is 9. The molecule has 0 aromatic carbocycles. The first-order chi connectivity index (χ1) is 16.1. The summed E-state index contributed by atoms with van der Waals surface area (Å²) >= 11 is 0. The average molecular weight is 482 g/mol. The Hall–Kier alpha value is -3.52. The van der Waals surface area contributed by atoms with Gasteiger partial charge in [0.1, 0.15) is 12.3 Å². The van der Waals surface area contributed by atoms with E-state index in [-0.39, 0.29) is 47.4 Å². The highest BCUT2D eigenvalue weighted by atomic mass is 19.4. The molecule has 1 aliphatic rings. The van der Waals surface area contributed by atoms with E-state index >= 15 is 0 Å². The van der Waals surface area contributed by atoms with E-state index in [0.29, 0.717) is 19.6 Å². The Morgan fingerprint density at radius 2 is 2.12 bits per heavy atom. The molecule has 2 N–H and O–H groups in total. The molecule has 14 heteroatoms. The number of aromatic nitrogens is 5. The lowest BCUT2D eigenvalue weighted by atomic mass is 10.1. The number of pyridine rings is 1. The van der Waals surface area contributed by atoms with Crippen molar-refractivity contribution in [2.24, 2.45) is 0 Å². The van der Waals surface area contributed by atoms with Crippen LogP contribution in [0.3, 0.4) is 0 Å². The van der Waals surface area contributed by atoms with Gasteiger partial charge in [-0.3, -0.25) is 9.36 Å². The van der Waals surface area contributed by atoms with Gasteiger partial charge in [0, 0.05) is 25.6 Å². The van der Waals surface area contributed by atoms with Crippen molar-refractivity contribution in [1.82, 2.24) is 24.1 Å². The Morgan fingerprint density at radius 1 is 1.35 bits per heavy atom. The molecule has 1 aliphatic heterocycles. The second-order valence-electron chi connectivity index (χ2n) is 7.49. The SMILES string of the molecule is CCOCn1ccnc1-c1c(OC(=O)C(F)(F)F)c2c(C)nc(N)nc2n([C@@H]2CCOC2)c1=O. The summed E-state index contributed by atoms with van der Waals surface area (Å²) in [5, 5.41) is -0.0701. The number of hydrogen-bond donors (Lipinski definition) is 1. The molecule has 3 aromatic rings. The van der Waals surface area contributed by atoms with E-state index in [1.54, 1.807) is 6.92 Å². The zero-order valence-corrected chi connectivity index (χ0v) is 18.3. The van der Waals surface area contributed by atoms with Crippen molar-refractivity contribution >= 4 is 23.0 Å². The Morgan fingerprint density at radius 3 is 2.76 bits per heavy atom. The average Bonchev–Trinajstić information content (AvgIpc) is 3.43. The van der Waals surface area contributed by atoms with E-state index in [1.165, 1.54) is 28.5 Å². The normalized spacial score (nSPS) is 16.3. The largest absolute Gasteiger partial charge is 0.491 e. The number of nitrogen functional groups attached to an aromatic ring is 1. The highest BCUT2D eigenvalue weighted by Crippen LogP contribution is 2.38. The van der Waals surface area contributed by atoms with Crippen LogP contribution >= 0.6 is 0 Å². The molecule has 1 atom stereocenters. The summed E-state index contributed by atoms with van der Waals surface area (Å²) in [6.07, 6.45) is -2.03. The first-order valence-corrected chi connectivity index (χ1v) is 10.3. The quantitative estimate of drug-likeness (QED) is 0.523. The number of fused-ring (bicyclic) bond motifs is 1. The van der Waals surface area contributed by atoms with Crippen LogP contribution in [-0.4, -0.2) is 56.1 Å². The smallest absolute Gasteiger partial charge is 0.418 e. The van der Waals surface area contributed by atoms with Gasteiger partial charge in [-0.15, -0.1) is 0 Å². The van der Waals surface area contributed by atoms with Crippen LogP contribution in [0.2, 0.25) is 0 Å². The lowest BCUT2D eigenvalue weighted by molar-refractivity contribution is -0.189. The number of anilines is 1. The molecule has 182 valence electrons. The first-order valence-electron chi connectivity index (χ1n) is 10.3. The van der Waals surface area contributed by atoms with Crippen LogP contribution in [0.15, 0.2) is 17.2 Å². The molecule has 3 aromatic heterocycles. The molecule has 0 radical (unpaired) electrons. The van der Waals surface area contributed by atoms with Crippen molar-refractivity contribution in [2.75, 3.05) is 25.6 Å². The van der Waals surface area contributed by atoms with Crippen molar-refractivity contribution in [3.8, 4) is 17.1 Å². The number of carbonyl (C=O) groups is 1. The van der Waals surface area contributed by atoms with Gasteiger partial charge in [0.05, 0.1) is 23.7 Å². The number of nitrogens with two attached hydrogens (primary N) is 1. The summed E-state index contributed by atoms with van der Waals surface area (Å²) in [5.41, 5.74) is 4.70. The van der Waals surface area contributed by atoms with Gasteiger partial charge in [-0.2, -0.15) is 18.2 Å². The van der Waals surface area contributed by atoms with E-state index in [9.17, 15) is 22.8 Å². The molecule has 0 bridgehead atoms. The molecular weight excluding hydrogens is 461 g/mol. The van der Waals surface area contributed by atoms with Gasteiger partial charge in [0.2, 0.25) is 5.95 Å². The van der Waals surface area contributed by atoms with E-state index in [1.807, 2.05) is 0 Å². The van der Waals surface area contributed by atoms with Crippen molar-refractivity contribution in [1.29, 1.82) is 0 Å². The van der Waals surface area contributed by atoms with Crippen LogP contribution < -0.4 is 16.0 Å². The monoisotopic (exact) mass is 482 g/mol. The number of esters is 1. The fourth-order valence-corrected chi connectivity index (χ4v) is 3.80. The fourth-order valence-electron chi connectivity index (χ4n) is 3.80. The van der Waals surface area contributed by atoms with Crippen LogP contribution in [-0.2, 0) is 21.0 Å². The van der Waals surface area contributed by atoms with E-state index in [2.05, 4.69) is 15.0 Å². The molecular formula is C20H21F3N6O5. The molecule has 4 heterocycles. The zero-order chi connectivity index (χ0) is 24.6. The first kappa shape index (κ1) is 23.6. The van der Waals surface area contributed by atoms with Gasteiger partial charge in [0.25, 0.3) is 5.56 Å². The fraction of sp³-hybridized carbons (Fsp3) is 0.450. The maximum Gasteiger partial charge on any atom is 0.491 e. The van der Waals surface area contributed by atoms with Gasteiger partial charge in [-0.25, -0.2) is 14.8 Å². The standard InChI is InChI=1S/C20H21F3N6O5/c1-3-32-9-28-6-5-25-15(28)13-14(34-18(31)20(21,22)23)12-10(2)26-19(24)27-16(12)29(17(13)30)11-4-7-33-8-11/h5-6,11H,3-4,7-9H2,1-2H3,(H2,24,26,27)/t11-/m1/s1.